The van der Waals surface area contributed by atoms with E-state index < -0.39 is 15.8 Å². The van der Waals surface area contributed by atoms with Crippen molar-refractivity contribution in [2.45, 2.75) is 11.8 Å². The highest BCUT2D eigenvalue weighted by Crippen LogP contribution is 2.19. The lowest BCUT2D eigenvalue weighted by Gasteiger charge is -2.07. The van der Waals surface area contributed by atoms with Crippen molar-refractivity contribution < 1.29 is 12.8 Å². The van der Waals surface area contributed by atoms with Gasteiger partial charge in [-0.3, -0.25) is 0 Å². The maximum absolute atomic E-state index is 13.0. The molecule has 17 heavy (non-hydrogen) atoms. The van der Waals surface area contributed by atoms with Crippen LogP contribution in [-0.4, -0.2) is 28.1 Å². The van der Waals surface area contributed by atoms with Gasteiger partial charge in [-0.2, -0.15) is 0 Å². The third-order valence-corrected chi connectivity index (χ3v) is 4.11. The summed E-state index contributed by atoms with van der Waals surface area (Å²) >= 11 is 2.95. The Bertz CT molecular complexity index is 479. The van der Waals surface area contributed by atoms with Gasteiger partial charge in [-0.15, -0.1) is 0 Å². The fourth-order valence-corrected chi connectivity index (χ4v) is 2.77. The summed E-state index contributed by atoms with van der Waals surface area (Å²) in [6.07, 6.45) is 0. The van der Waals surface area contributed by atoms with Crippen LogP contribution in [0.15, 0.2) is 27.6 Å². The summed E-state index contributed by atoms with van der Waals surface area (Å²) in [6, 6.07) is 3.59. The maximum atomic E-state index is 13.0. The second-order valence-corrected chi connectivity index (χ2v) is 5.95. The molecule has 0 bridgehead atoms. The van der Waals surface area contributed by atoms with E-state index in [-0.39, 0.29) is 9.37 Å². The Hall–Kier alpha value is -0.500. The first kappa shape index (κ1) is 14.6. The Morgan fingerprint density at radius 3 is 2.65 bits per heavy atom. The summed E-state index contributed by atoms with van der Waals surface area (Å²) in [6.45, 7) is 3.57. The predicted molar refractivity (Wildman–Crippen MR) is 67.8 cm³/mol. The van der Waals surface area contributed by atoms with Gasteiger partial charge in [-0.25, -0.2) is 17.5 Å². The van der Waals surface area contributed by atoms with Crippen molar-refractivity contribution in [3.63, 3.8) is 0 Å². The molecule has 0 aliphatic carbocycles. The number of sulfonamides is 1. The average Bonchev–Trinajstić information content (AvgIpc) is 2.28. The molecule has 0 atom stereocenters. The minimum atomic E-state index is -3.57. The Morgan fingerprint density at radius 1 is 1.35 bits per heavy atom. The van der Waals surface area contributed by atoms with E-state index in [0.717, 1.165) is 12.6 Å². The molecule has 1 rings (SSSR count). The fraction of sp³-hybridized carbons (Fsp3) is 0.400. The van der Waals surface area contributed by atoms with E-state index in [2.05, 4.69) is 26.0 Å². The van der Waals surface area contributed by atoms with Gasteiger partial charge in [0.25, 0.3) is 0 Å². The summed E-state index contributed by atoms with van der Waals surface area (Å²) in [7, 11) is -3.57. The van der Waals surface area contributed by atoms with Gasteiger partial charge in [0.1, 0.15) is 5.82 Å². The first-order valence-electron chi connectivity index (χ1n) is 5.13. The maximum Gasteiger partial charge on any atom is 0.240 e. The Morgan fingerprint density at radius 2 is 2.06 bits per heavy atom. The van der Waals surface area contributed by atoms with E-state index in [4.69, 9.17) is 0 Å². The van der Waals surface area contributed by atoms with E-state index in [1.807, 2.05) is 6.92 Å². The second-order valence-electron chi connectivity index (χ2n) is 3.33. The quantitative estimate of drug-likeness (QED) is 0.779. The second kappa shape index (κ2) is 6.44. The molecule has 0 aliphatic heterocycles. The summed E-state index contributed by atoms with van der Waals surface area (Å²) in [5.74, 6) is -0.489. The number of halogens is 2. The molecule has 0 spiro atoms. The van der Waals surface area contributed by atoms with Crippen LogP contribution in [0.1, 0.15) is 6.92 Å². The summed E-state index contributed by atoms with van der Waals surface area (Å²) in [5.41, 5.74) is 0. The largest absolute Gasteiger partial charge is 0.316 e. The van der Waals surface area contributed by atoms with Crippen LogP contribution in [0, 0.1) is 5.82 Å². The van der Waals surface area contributed by atoms with Gasteiger partial charge in [0.15, 0.2) is 0 Å². The molecule has 2 N–H and O–H groups in total. The summed E-state index contributed by atoms with van der Waals surface area (Å²) < 4.78 is 39.1. The van der Waals surface area contributed by atoms with Crippen molar-refractivity contribution >= 4 is 26.0 Å². The molecule has 0 fully saturated rings. The molecule has 1 aromatic rings. The Labute approximate surface area is 109 Å². The zero-order valence-corrected chi connectivity index (χ0v) is 11.7. The molecule has 0 unspecified atom stereocenters. The van der Waals surface area contributed by atoms with Crippen molar-refractivity contribution in [1.82, 2.24) is 10.0 Å². The van der Waals surface area contributed by atoms with Crippen molar-refractivity contribution in [3.05, 3.63) is 28.5 Å². The van der Waals surface area contributed by atoms with Crippen molar-refractivity contribution in [3.8, 4) is 0 Å². The first-order valence-corrected chi connectivity index (χ1v) is 7.40. The highest BCUT2D eigenvalue weighted by atomic mass is 79.9. The molecule has 0 aromatic heterocycles. The highest BCUT2D eigenvalue weighted by Gasteiger charge is 2.14. The molecular formula is C10H14BrFN2O2S. The van der Waals surface area contributed by atoms with E-state index in [1.54, 1.807) is 0 Å². The van der Waals surface area contributed by atoms with Gasteiger partial charge >= 0.3 is 0 Å². The molecule has 0 heterocycles. The molecule has 96 valence electrons. The van der Waals surface area contributed by atoms with Gasteiger partial charge in [0.2, 0.25) is 10.0 Å². The van der Waals surface area contributed by atoms with Crippen molar-refractivity contribution in [1.29, 1.82) is 0 Å². The SMILES string of the molecule is CCNCCNS(=O)(=O)c1ccc(F)c(Br)c1. The van der Waals surface area contributed by atoms with Gasteiger partial charge in [0.05, 0.1) is 9.37 Å². The number of benzene rings is 1. The Balaban J connectivity index is 2.72. The van der Waals surface area contributed by atoms with Gasteiger partial charge in [0, 0.05) is 13.1 Å². The van der Waals surface area contributed by atoms with Crippen LogP contribution in [0.5, 0.6) is 0 Å². The van der Waals surface area contributed by atoms with Crippen LogP contribution in [0.25, 0.3) is 0 Å². The molecule has 0 radical (unpaired) electrons. The topological polar surface area (TPSA) is 58.2 Å². The summed E-state index contributed by atoms with van der Waals surface area (Å²) in [5, 5.41) is 3.00. The standard InChI is InChI=1S/C10H14BrFN2O2S/c1-2-13-5-6-14-17(15,16)8-3-4-10(12)9(11)7-8/h3-4,7,13-14H,2,5-6H2,1H3. The monoisotopic (exact) mass is 324 g/mol. The highest BCUT2D eigenvalue weighted by molar-refractivity contribution is 9.10. The molecule has 0 saturated carbocycles. The van der Waals surface area contributed by atoms with Crippen molar-refractivity contribution in [2.75, 3.05) is 19.6 Å². The van der Waals surface area contributed by atoms with E-state index in [9.17, 15) is 12.8 Å². The predicted octanol–water partition coefficient (Wildman–Crippen LogP) is 1.48. The van der Waals surface area contributed by atoms with Crippen LogP contribution >= 0.6 is 15.9 Å². The van der Waals surface area contributed by atoms with Crippen LogP contribution in [0.2, 0.25) is 0 Å². The van der Waals surface area contributed by atoms with Gasteiger partial charge in [-0.05, 0) is 40.7 Å². The van der Waals surface area contributed by atoms with Crippen LogP contribution in [0.4, 0.5) is 4.39 Å². The lowest BCUT2D eigenvalue weighted by Crippen LogP contribution is -2.31. The average molecular weight is 325 g/mol. The third kappa shape index (κ3) is 4.34. The number of hydrogen-bond donors (Lipinski definition) is 2. The molecule has 4 nitrogen and oxygen atoms in total. The lowest BCUT2D eigenvalue weighted by atomic mass is 10.3. The molecule has 0 amide bonds. The smallest absolute Gasteiger partial charge is 0.240 e. The zero-order chi connectivity index (χ0) is 12.9. The molecule has 0 aliphatic rings. The minimum absolute atomic E-state index is 0.0438. The van der Waals surface area contributed by atoms with Crippen LogP contribution in [0.3, 0.4) is 0 Å². The van der Waals surface area contributed by atoms with E-state index >= 15 is 0 Å². The molecule has 7 heteroatoms. The minimum Gasteiger partial charge on any atom is -0.316 e. The number of rotatable bonds is 6. The van der Waals surface area contributed by atoms with Crippen LogP contribution < -0.4 is 10.0 Å². The lowest BCUT2D eigenvalue weighted by molar-refractivity contribution is 0.576. The fourth-order valence-electron chi connectivity index (χ4n) is 1.18. The Kier molecular flexibility index (Phi) is 5.51. The molecule has 1 aromatic carbocycles. The first-order chi connectivity index (χ1) is 7.97. The van der Waals surface area contributed by atoms with E-state index in [0.29, 0.717) is 13.1 Å². The van der Waals surface area contributed by atoms with Crippen LogP contribution in [-0.2, 0) is 10.0 Å². The number of hydrogen-bond acceptors (Lipinski definition) is 3. The number of likely N-dealkylation sites (N-methyl/N-ethyl adjacent to an activating group) is 1. The third-order valence-electron chi connectivity index (χ3n) is 2.05. The summed E-state index contributed by atoms with van der Waals surface area (Å²) in [4.78, 5) is 0.0438. The zero-order valence-electron chi connectivity index (χ0n) is 9.33. The van der Waals surface area contributed by atoms with E-state index in [1.165, 1.54) is 12.1 Å². The number of nitrogens with one attached hydrogen (secondary N) is 2. The van der Waals surface area contributed by atoms with Crippen molar-refractivity contribution in [2.24, 2.45) is 0 Å². The van der Waals surface area contributed by atoms with Gasteiger partial charge in [-0.1, -0.05) is 6.92 Å². The normalized spacial score (nSPS) is 11.7. The van der Waals surface area contributed by atoms with Gasteiger partial charge < -0.3 is 5.32 Å². The molecular weight excluding hydrogens is 311 g/mol. The molecule has 0 saturated heterocycles.